The largest absolute Gasteiger partial charge is 0.312 e. The van der Waals surface area contributed by atoms with Gasteiger partial charge < -0.3 is 10.2 Å². The van der Waals surface area contributed by atoms with E-state index >= 15 is 0 Å². The number of carbonyl (C=O) groups excluding carboxylic acids is 1. The normalized spacial score (nSPS) is 17.4. The number of anilines is 1. The number of aromatic nitrogens is 2. The summed E-state index contributed by atoms with van der Waals surface area (Å²) in [5.74, 6) is -0.108. The average molecular weight is 357 g/mol. The highest BCUT2D eigenvalue weighted by atomic mass is 32.1. The smallest absolute Gasteiger partial charge is 0.257 e. The first kappa shape index (κ1) is 16.6. The number of nitrogens with one attached hydrogen (secondary N) is 2. The Morgan fingerprint density at radius 3 is 3.00 bits per heavy atom. The van der Waals surface area contributed by atoms with E-state index in [1.165, 1.54) is 48.4 Å². The van der Waals surface area contributed by atoms with Crippen LogP contribution in [0.5, 0.6) is 0 Å². The van der Waals surface area contributed by atoms with Crippen LogP contribution in [0.15, 0.2) is 18.2 Å². The van der Waals surface area contributed by atoms with Crippen molar-refractivity contribution in [2.45, 2.75) is 32.2 Å². The number of rotatable bonds is 5. The van der Waals surface area contributed by atoms with Crippen molar-refractivity contribution in [3.05, 3.63) is 39.9 Å². The van der Waals surface area contributed by atoms with Gasteiger partial charge in [-0.1, -0.05) is 17.4 Å². The van der Waals surface area contributed by atoms with E-state index < -0.39 is 0 Å². The number of likely N-dealkylation sites (tertiary alicyclic amines) is 1. The number of hydrogen-bond donors (Lipinski definition) is 2. The summed E-state index contributed by atoms with van der Waals surface area (Å²) in [6, 6.07) is 5.93. The summed E-state index contributed by atoms with van der Waals surface area (Å²) in [6.45, 7) is 5.26. The lowest BCUT2D eigenvalue weighted by Gasteiger charge is -2.17. The molecule has 2 aliphatic rings. The van der Waals surface area contributed by atoms with Crippen LogP contribution in [0.2, 0.25) is 0 Å². The lowest BCUT2D eigenvalue weighted by molar-refractivity contribution is 0.102. The number of carbonyl (C=O) groups is 1. The minimum absolute atomic E-state index is 0.108. The molecule has 0 aliphatic carbocycles. The molecule has 0 radical (unpaired) electrons. The van der Waals surface area contributed by atoms with E-state index in [-0.39, 0.29) is 5.91 Å². The van der Waals surface area contributed by atoms with E-state index in [1.807, 2.05) is 18.2 Å². The molecule has 0 unspecified atom stereocenters. The molecule has 25 heavy (non-hydrogen) atoms. The van der Waals surface area contributed by atoms with Crippen LogP contribution in [0.3, 0.4) is 0 Å². The van der Waals surface area contributed by atoms with Crippen molar-refractivity contribution < 1.29 is 4.79 Å². The zero-order valence-corrected chi connectivity index (χ0v) is 15.1. The molecule has 2 aromatic rings. The molecule has 0 bridgehead atoms. The van der Waals surface area contributed by atoms with Crippen molar-refractivity contribution in [3.8, 4) is 0 Å². The van der Waals surface area contributed by atoms with Gasteiger partial charge in [0.05, 0.1) is 0 Å². The standard InChI is InChI=1S/C18H23N5OS/c24-17(14-3-4-15-12-19-7-5-13(15)11-14)20-18-22-21-16(25-18)6-10-23-8-1-2-9-23/h3-4,11,19H,1-2,5-10,12H2,(H,20,22,24). The molecular weight excluding hydrogens is 334 g/mol. The summed E-state index contributed by atoms with van der Waals surface area (Å²) >= 11 is 1.48. The SMILES string of the molecule is O=C(Nc1nnc(CCN2CCCC2)s1)c1ccc2c(c1)CCNC2. The van der Waals surface area contributed by atoms with E-state index in [2.05, 4.69) is 25.7 Å². The summed E-state index contributed by atoms with van der Waals surface area (Å²) in [7, 11) is 0. The number of hydrogen-bond acceptors (Lipinski definition) is 6. The third-order valence-electron chi connectivity index (χ3n) is 4.88. The molecule has 6 nitrogen and oxygen atoms in total. The van der Waals surface area contributed by atoms with Crippen LogP contribution < -0.4 is 10.6 Å². The summed E-state index contributed by atoms with van der Waals surface area (Å²) in [6.07, 6.45) is 4.47. The Morgan fingerprint density at radius 2 is 2.12 bits per heavy atom. The highest BCUT2D eigenvalue weighted by molar-refractivity contribution is 7.15. The number of nitrogens with zero attached hydrogens (tertiary/aromatic N) is 3. The molecule has 0 saturated carbocycles. The van der Waals surface area contributed by atoms with Gasteiger partial charge in [-0.2, -0.15) is 0 Å². The van der Waals surface area contributed by atoms with E-state index in [1.54, 1.807) is 0 Å². The van der Waals surface area contributed by atoms with Gasteiger partial charge >= 0.3 is 0 Å². The second-order valence-electron chi connectivity index (χ2n) is 6.66. The third-order valence-corrected chi connectivity index (χ3v) is 5.78. The Morgan fingerprint density at radius 1 is 1.24 bits per heavy atom. The van der Waals surface area contributed by atoms with Crippen LogP contribution in [-0.4, -0.2) is 47.2 Å². The number of amides is 1. The molecule has 1 aromatic carbocycles. The van der Waals surface area contributed by atoms with Crippen LogP contribution in [0.25, 0.3) is 0 Å². The quantitative estimate of drug-likeness (QED) is 0.857. The minimum atomic E-state index is -0.108. The maximum Gasteiger partial charge on any atom is 0.257 e. The average Bonchev–Trinajstić information content (AvgIpc) is 3.31. The van der Waals surface area contributed by atoms with Gasteiger partial charge in [0, 0.05) is 25.1 Å². The zero-order chi connectivity index (χ0) is 17.1. The van der Waals surface area contributed by atoms with Gasteiger partial charge in [0.15, 0.2) is 0 Å². The van der Waals surface area contributed by atoms with Crippen LogP contribution >= 0.6 is 11.3 Å². The second kappa shape index (κ2) is 7.59. The Hall–Kier alpha value is -1.83. The van der Waals surface area contributed by atoms with Crippen molar-refractivity contribution in [1.29, 1.82) is 0 Å². The molecule has 1 aromatic heterocycles. The Labute approximate surface area is 151 Å². The second-order valence-corrected chi connectivity index (χ2v) is 7.73. The van der Waals surface area contributed by atoms with E-state index in [9.17, 15) is 4.79 Å². The highest BCUT2D eigenvalue weighted by Crippen LogP contribution is 2.20. The topological polar surface area (TPSA) is 70.2 Å². The van der Waals surface area contributed by atoms with E-state index in [4.69, 9.17) is 0 Å². The minimum Gasteiger partial charge on any atom is -0.312 e. The maximum absolute atomic E-state index is 12.5. The first-order valence-electron chi connectivity index (χ1n) is 8.96. The molecule has 0 atom stereocenters. The lowest BCUT2D eigenvalue weighted by Crippen LogP contribution is -2.24. The molecule has 1 saturated heterocycles. The van der Waals surface area contributed by atoms with Crippen LogP contribution in [-0.2, 0) is 19.4 Å². The molecule has 132 valence electrons. The summed E-state index contributed by atoms with van der Waals surface area (Å²) in [4.78, 5) is 14.9. The predicted octanol–water partition coefficient (Wildman–Crippen LogP) is 2.07. The molecule has 0 spiro atoms. The molecule has 4 rings (SSSR count). The fraction of sp³-hybridized carbons (Fsp3) is 0.500. The van der Waals surface area contributed by atoms with Gasteiger partial charge in [0.25, 0.3) is 5.91 Å². The Bertz CT molecular complexity index is 754. The van der Waals surface area contributed by atoms with Crippen molar-refractivity contribution >= 4 is 22.4 Å². The fourth-order valence-corrected chi connectivity index (χ4v) is 4.18. The first-order valence-corrected chi connectivity index (χ1v) is 9.78. The van der Waals surface area contributed by atoms with E-state index in [0.717, 1.165) is 37.5 Å². The number of fused-ring (bicyclic) bond motifs is 1. The monoisotopic (exact) mass is 357 g/mol. The molecule has 2 N–H and O–H groups in total. The Kier molecular flexibility index (Phi) is 5.05. The fourth-order valence-electron chi connectivity index (χ4n) is 3.45. The van der Waals surface area contributed by atoms with Gasteiger partial charge in [-0.05, 0) is 62.2 Å². The third kappa shape index (κ3) is 4.05. The van der Waals surface area contributed by atoms with Crippen LogP contribution in [0.4, 0.5) is 5.13 Å². The van der Waals surface area contributed by atoms with Gasteiger partial charge in [0.2, 0.25) is 5.13 Å². The van der Waals surface area contributed by atoms with Crippen molar-refractivity contribution in [2.75, 3.05) is 31.5 Å². The zero-order valence-electron chi connectivity index (χ0n) is 14.3. The van der Waals surface area contributed by atoms with Gasteiger partial charge in [0.1, 0.15) is 5.01 Å². The predicted molar refractivity (Wildman–Crippen MR) is 99.1 cm³/mol. The van der Waals surface area contributed by atoms with Gasteiger partial charge in [-0.25, -0.2) is 0 Å². The van der Waals surface area contributed by atoms with E-state index in [0.29, 0.717) is 10.7 Å². The first-order chi connectivity index (χ1) is 12.3. The van der Waals surface area contributed by atoms with Crippen molar-refractivity contribution in [2.24, 2.45) is 0 Å². The highest BCUT2D eigenvalue weighted by Gasteiger charge is 2.15. The Balaban J connectivity index is 1.36. The molecule has 7 heteroatoms. The molecular formula is C18H23N5OS. The molecule has 1 fully saturated rings. The summed E-state index contributed by atoms with van der Waals surface area (Å²) < 4.78 is 0. The van der Waals surface area contributed by atoms with Crippen LogP contribution in [0, 0.1) is 0 Å². The number of benzene rings is 1. The lowest BCUT2D eigenvalue weighted by atomic mass is 9.98. The molecule has 1 amide bonds. The molecule has 2 aliphatic heterocycles. The summed E-state index contributed by atoms with van der Waals surface area (Å²) in [5.41, 5.74) is 3.23. The van der Waals surface area contributed by atoms with Gasteiger partial charge in [-0.15, -0.1) is 10.2 Å². The maximum atomic E-state index is 12.5. The van der Waals surface area contributed by atoms with Crippen molar-refractivity contribution in [3.63, 3.8) is 0 Å². The summed E-state index contributed by atoms with van der Waals surface area (Å²) in [5, 5.41) is 16.1. The molecule has 3 heterocycles. The van der Waals surface area contributed by atoms with Crippen LogP contribution in [0.1, 0.15) is 39.3 Å². The van der Waals surface area contributed by atoms with Gasteiger partial charge in [-0.3, -0.25) is 10.1 Å². The van der Waals surface area contributed by atoms with Crippen molar-refractivity contribution in [1.82, 2.24) is 20.4 Å².